The summed E-state index contributed by atoms with van der Waals surface area (Å²) in [5.74, 6) is -0.178. The molecule has 0 aromatic heterocycles. The Kier molecular flexibility index (Phi) is 6.03. The topological polar surface area (TPSA) is 76.4 Å². The van der Waals surface area contributed by atoms with Crippen LogP contribution < -0.4 is 5.32 Å². The summed E-state index contributed by atoms with van der Waals surface area (Å²) in [6, 6.07) is 14.5. The van der Waals surface area contributed by atoms with Crippen molar-refractivity contribution >= 4 is 29.1 Å². The number of carbonyl (C=O) groups excluding carboxylic acids is 2. The number of rotatable bonds is 4. The number of likely N-dealkylation sites (tertiary alicyclic amines) is 1. The van der Waals surface area contributed by atoms with Crippen molar-refractivity contribution in [1.82, 2.24) is 9.80 Å². The van der Waals surface area contributed by atoms with Gasteiger partial charge in [0.15, 0.2) is 0 Å². The maximum atomic E-state index is 13.2. The number of benzene rings is 2. The van der Waals surface area contributed by atoms with Gasteiger partial charge in [0, 0.05) is 24.7 Å². The highest BCUT2D eigenvalue weighted by Gasteiger charge is 2.35. The lowest BCUT2D eigenvalue weighted by molar-refractivity contribution is -0.137. The molecule has 2 aliphatic heterocycles. The first-order valence-corrected chi connectivity index (χ1v) is 10.5. The smallest absolute Gasteiger partial charge is 0.240 e. The Morgan fingerprint density at radius 1 is 1.13 bits per heavy atom. The second-order valence-electron chi connectivity index (χ2n) is 7.78. The summed E-state index contributed by atoms with van der Waals surface area (Å²) < 4.78 is 0. The van der Waals surface area contributed by atoms with Crippen molar-refractivity contribution in [3.63, 3.8) is 0 Å². The van der Waals surface area contributed by atoms with Gasteiger partial charge in [-0.2, -0.15) is 5.26 Å². The van der Waals surface area contributed by atoms with E-state index in [1.807, 2.05) is 28.0 Å². The molecule has 0 spiro atoms. The van der Waals surface area contributed by atoms with Gasteiger partial charge in [0.2, 0.25) is 11.8 Å². The molecule has 1 atom stereocenters. The van der Waals surface area contributed by atoms with Gasteiger partial charge < -0.3 is 10.2 Å². The van der Waals surface area contributed by atoms with E-state index in [1.165, 1.54) is 0 Å². The second-order valence-corrected chi connectivity index (χ2v) is 8.21. The van der Waals surface area contributed by atoms with E-state index >= 15 is 0 Å². The van der Waals surface area contributed by atoms with Gasteiger partial charge in [-0.15, -0.1) is 0 Å². The zero-order valence-electron chi connectivity index (χ0n) is 16.6. The number of nitrogens with zero attached hydrogens (tertiary/aromatic N) is 3. The fourth-order valence-corrected chi connectivity index (χ4v) is 4.40. The van der Waals surface area contributed by atoms with Gasteiger partial charge in [0.25, 0.3) is 0 Å². The lowest BCUT2D eigenvalue weighted by Gasteiger charge is -2.37. The first-order chi connectivity index (χ1) is 14.5. The van der Waals surface area contributed by atoms with Gasteiger partial charge in [-0.05, 0) is 48.6 Å². The van der Waals surface area contributed by atoms with Crippen molar-refractivity contribution in [2.75, 3.05) is 25.0 Å². The minimum Gasteiger partial charge on any atom is -0.341 e. The number of nitrogens with one attached hydrogen (secondary N) is 1. The molecule has 1 fully saturated rings. The first kappa shape index (κ1) is 20.4. The summed E-state index contributed by atoms with van der Waals surface area (Å²) in [5, 5.41) is 12.5. The van der Waals surface area contributed by atoms with Crippen LogP contribution in [0.5, 0.6) is 0 Å². The number of anilines is 1. The molecular formula is C23H23ClN4O2. The molecule has 2 aromatic carbocycles. The zero-order chi connectivity index (χ0) is 21.1. The SMILES string of the molecule is N#Cc1ccc(Cl)cc1NC(=O)CN1Cc2ccccc2C[C@@H]1C(=O)N1CCCC1. The van der Waals surface area contributed by atoms with Crippen LogP contribution in [0.25, 0.3) is 0 Å². The molecule has 0 saturated carbocycles. The van der Waals surface area contributed by atoms with Gasteiger partial charge in [-0.25, -0.2) is 0 Å². The number of carbonyl (C=O) groups is 2. The molecule has 0 bridgehead atoms. The number of hydrogen-bond acceptors (Lipinski definition) is 4. The normalized spacial score (nSPS) is 18.5. The van der Waals surface area contributed by atoms with Crippen LogP contribution >= 0.6 is 11.6 Å². The molecule has 2 heterocycles. The predicted octanol–water partition coefficient (Wildman–Crippen LogP) is 3.20. The van der Waals surface area contributed by atoms with Crippen LogP contribution in [0.4, 0.5) is 5.69 Å². The van der Waals surface area contributed by atoms with Gasteiger partial charge >= 0.3 is 0 Å². The zero-order valence-corrected chi connectivity index (χ0v) is 17.4. The molecule has 2 aromatic rings. The number of hydrogen-bond donors (Lipinski definition) is 1. The maximum Gasteiger partial charge on any atom is 0.240 e. The summed E-state index contributed by atoms with van der Waals surface area (Å²) in [4.78, 5) is 29.9. The number of amides is 2. The fourth-order valence-electron chi connectivity index (χ4n) is 4.23. The van der Waals surface area contributed by atoms with Crippen LogP contribution in [0.2, 0.25) is 5.02 Å². The van der Waals surface area contributed by atoms with Crippen molar-refractivity contribution in [1.29, 1.82) is 5.26 Å². The van der Waals surface area contributed by atoms with Crippen molar-refractivity contribution in [2.24, 2.45) is 0 Å². The second kappa shape index (κ2) is 8.86. The standard InChI is InChI=1S/C23H23ClN4O2/c24-19-8-7-17(13-25)20(12-19)26-22(29)15-28-14-18-6-2-1-5-16(18)11-21(28)23(30)27-9-3-4-10-27/h1-2,5-8,12,21H,3-4,9-11,14-15H2,(H,26,29)/t21-/m1/s1. The summed E-state index contributed by atoms with van der Waals surface area (Å²) in [7, 11) is 0. The Bertz CT molecular complexity index is 1010. The molecule has 30 heavy (non-hydrogen) atoms. The van der Waals surface area contributed by atoms with Gasteiger partial charge in [-0.3, -0.25) is 14.5 Å². The molecule has 0 unspecified atom stereocenters. The molecule has 154 valence electrons. The third kappa shape index (κ3) is 4.33. The quantitative estimate of drug-likeness (QED) is 0.820. The number of nitriles is 1. The van der Waals surface area contributed by atoms with Crippen LogP contribution in [0.3, 0.4) is 0 Å². The van der Waals surface area contributed by atoms with Gasteiger partial charge in [0.05, 0.1) is 23.8 Å². The van der Waals surface area contributed by atoms with E-state index in [2.05, 4.69) is 17.5 Å². The molecule has 1 saturated heterocycles. The van der Waals surface area contributed by atoms with Crippen molar-refractivity contribution in [3.05, 3.63) is 64.2 Å². The number of fused-ring (bicyclic) bond motifs is 1. The van der Waals surface area contributed by atoms with E-state index in [-0.39, 0.29) is 24.4 Å². The fraction of sp³-hybridized carbons (Fsp3) is 0.348. The first-order valence-electron chi connectivity index (χ1n) is 10.1. The highest BCUT2D eigenvalue weighted by Crippen LogP contribution is 2.26. The third-order valence-corrected chi connectivity index (χ3v) is 6.01. The average molecular weight is 423 g/mol. The highest BCUT2D eigenvalue weighted by molar-refractivity contribution is 6.31. The molecule has 6 nitrogen and oxygen atoms in total. The average Bonchev–Trinajstić information content (AvgIpc) is 3.28. The van der Waals surface area contributed by atoms with Crippen LogP contribution in [0.15, 0.2) is 42.5 Å². The van der Waals surface area contributed by atoms with E-state index in [0.717, 1.165) is 37.1 Å². The van der Waals surface area contributed by atoms with Crippen LogP contribution in [-0.4, -0.2) is 47.3 Å². The van der Waals surface area contributed by atoms with Gasteiger partial charge in [-0.1, -0.05) is 35.9 Å². The molecule has 7 heteroatoms. The maximum absolute atomic E-state index is 13.2. The minimum atomic E-state index is -0.362. The largest absolute Gasteiger partial charge is 0.341 e. The molecule has 0 aliphatic carbocycles. The lowest BCUT2D eigenvalue weighted by atomic mass is 9.93. The third-order valence-electron chi connectivity index (χ3n) is 5.77. The molecule has 1 N–H and O–H groups in total. The Labute approximate surface area is 181 Å². The molecule has 2 amide bonds. The van der Waals surface area contributed by atoms with E-state index in [1.54, 1.807) is 18.2 Å². The van der Waals surface area contributed by atoms with Crippen LogP contribution in [-0.2, 0) is 22.6 Å². The Morgan fingerprint density at radius 2 is 1.87 bits per heavy atom. The summed E-state index contributed by atoms with van der Waals surface area (Å²) >= 11 is 6.02. The summed E-state index contributed by atoms with van der Waals surface area (Å²) in [6.45, 7) is 2.17. The van der Waals surface area contributed by atoms with E-state index in [9.17, 15) is 14.9 Å². The Morgan fingerprint density at radius 3 is 2.60 bits per heavy atom. The van der Waals surface area contributed by atoms with E-state index in [0.29, 0.717) is 29.2 Å². The van der Waals surface area contributed by atoms with Crippen molar-refractivity contribution in [2.45, 2.75) is 31.8 Å². The summed E-state index contributed by atoms with van der Waals surface area (Å²) in [5.41, 5.74) is 3.03. The van der Waals surface area contributed by atoms with Crippen molar-refractivity contribution in [3.8, 4) is 6.07 Å². The summed E-state index contributed by atoms with van der Waals surface area (Å²) in [6.07, 6.45) is 2.65. The predicted molar refractivity (Wildman–Crippen MR) is 115 cm³/mol. The Hall–Kier alpha value is -2.88. The van der Waals surface area contributed by atoms with Crippen LogP contribution in [0.1, 0.15) is 29.5 Å². The molecule has 2 aliphatic rings. The lowest BCUT2D eigenvalue weighted by Crippen LogP contribution is -2.52. The Balaban J connectivity index is 1.54. The highest BCUT2D eigenvalue weighted by atomic mass is 35.5. The van der Waals surface area contributed by atoms with Gasteiger partial charge in [0.1, 0.15) is 6.07 Å². The molecule has 0 radical (unpaired) electrons. The van der Waals surface area contributed by atoms with E-state index < -0.39 is 0 Å². The van der Waals surface area contributed by atoms with Crippen LogP contribution in [0, 0.1) is 11.3 Å². The number of halogens is 1. The molecular weight excluding hydrogens is 400 g/mol. The van der Waals surface area contributed by atoms with E-state index in [4.69, 9.17) is 11.6 Å². The monoisotopic (exact) mass is 422 g/mol. The molecule has 4 rings (SSSR count). The minimum absolute atomic E-state index is 0.0654. The van der Waals surface area contributed by atoms with Crippen molar-refractivity contribution < 1.29 is 9.59 Å².